The molecule has 1 aliphatic rings. The Balaban J connectivity index is 2.27. The first-order valence-corrected chi connectivity index (χ1v) is 5.72. The number of likely N-dealkylation sites (tertiary alicyclic amines) is 1. The summed E-state index contributed by atoms with van der Waals surface area (Å²) in [5.74, 6) is -0.415. The van der Waals surface area contributed by atoms with Gasteiger partial charge in [0, 0.05) is 12.3 Å². The van der Waals surface area contributed by atoms with Gasteiger partial charge in [-0.15, -0.1) is 0 Å². The lowest BCUT2D eigenvalue weighted by Gasteiger charge is -2.32. The molecule has 88 valence electrons. The van der Waals surface area contributed by atoms with Crippen molar-refractivity contribution in [1.82, 2.24) is 4.90 Å². The van der Waals surface area contributed by atoms with Gasteiger partial charge >= 0.3 is 6.18 Å². The molecule has 0 N–H and O–H groups in total. The van der Waals surface area contributed by atoms with Crippen LogP contribution in [-0.2, 0) is 0 Å². The van der Waals surface area contributed by atoms with E-state index in [1.165, 1.54) is 0 Å². The Morgan fingerprint density at radius 2 is 1.80 bits per heavy atom. The third-order valence-corrected chi connectivity index (χ3v) is 2.90. The Morgan fingerprint density at radius 3 is 2.27 bits per heavy atom. The molecule has 15 heavy (non-hydrogen) atoms. The fourth-order valence-electron chi connectivity index (χ4n) is 1.74. The first-order valence-electron chi connectivity index (χ1n) is 5.09. The zero-order chi connectivity index (χ0) is 11.3. The summed E-state index contributed by atoms with van der Waals surface area (Å²) in [6, 6.07) is 0. The smallest absolute Gasteiger partial charge is 0.300 e. The van der Waals surface area contributed by atoms with E-state index >= 15 is 0 Å². The van der Waals surface area contributed by atoms with Crippen molar-refractivity contribution in [3.8, 4) is 0 Å². The molecule has 0 unspecified atom stereocenters. The number of rotatable bonds is 3. The Labute approximate surface area is 93.7 Å². The van der Waals surface area contributed by atoms with Crippen LogP contribution in [0.15, 0.2) is 12.2 Å². The highest BCUT2D eigenvalue weighted by Gasteiger charge is 2.40. The third-order valence-electron chi connectivity index (χ3n) is 2.69. The van der Waals surface area contributed by atoms with Crippen LogP contribution in [0.1, 0.15) is 12.8 Å². The number of hydrogen-bond acceptors (Lipinski definition) is 2. The van der Waals surface area contributed by atoms with Gasteiger partial charge in [0.1, 0.15) is 0 Å². The molecule has 0 amide bonds. The quantitative estimate of drug-likeness (QED) is 0.585. The van der Waals surface area contributed by atoms with Crippen molar-refractivity contribution in [3.63, 3.8) is 0 Å². The lowest BCUT2D eigenvalue weighted by atomic mass is 9.96. The summed E-state index contributed by atoms with van der Waals surface area (Å²) >= 11 is 4.02. The standard InChI is InChI=1S/C10H16F3NS/c11-10(12,13)9-3-6-14(7-4-9)5-1-2-8-15/h1-2,9,15H,3-8H2. The summed E-state index contributed by atoms with van der Waals surface area (Å²) in [6.07, 6.45) is 0.337. The zero-order valence-corrected chi connectivity index (χ0v) is 9.40. The lowest BCUT2D eigenvalue weighted by Crippen LogP contribution is -2.38. The van der Waals surface area contributed by atoms with Crippen molar-refractivity contribution in [2.45, 2.75) is 19.0 Å². The Kier molecular flexibility index (Phi) is 4.99. The topological polar surface area (TPSA) is 3.24 Å². The molecule has 0 radical (unpaired) electrons. The van der Waals surface area contributed by atoms with Gasteiger partial charge in [-0.2, -0.15) is 25.8 Å². The zero-order valence-electron chi connectivity index (χ0n) is 8.50. The second-order valence-electron chi connectivity index (χ2n) is 3.77. The van der Waals surface area contributed by atoms with E-state index in [1.54, 1.807) is 0 Å². The molecule has 1 rings (SSSR count). The van der Waals surface area contributed by atoms with Gasteiger partial charge < -0.3 is 0 Å². The first kappa shape index (κ1) is 12.9. The van der Waals surface area contributed by atoms with Gasteiger partial charge in [0.05, 0.1) is 5.92 Å². The first-order chi connectivity index (χ1) is 7.04. The number of thiol groups is 1. The summed E-state index contributed by atoms with van der Waals surface area (Å²) in [5, 5.41) is 0. The molecular formula is C10H16F3NS. The predicted molar refractivity (Wildman–Crippen MR) is 58.2 cm³/mol. The number of nitrogens with zero attached hydrogens (tertiary/aromatic N) is 1. The Morgan fingerprint density at radius 1 is 1.20 bits per heavy atom. The van der Waals surface area contributed by atoms with Crippen LogP contribution >= 0.6 is 12.6 Å². The maximum atomic E-state index is 12.3. The SMILES string of the molecule is FC(F)(F)C1CCN(CC=CCS)CC1. The fourth-order valence-corrected chi connectivity index (χ4v) is 1.89. The molecular weight excluding hydrogens is 223 g/mol. The van der Waals surface area contributed by atoms with Crippen molar-refractivity contribution in [1.29, 1.82) is 0 Å². The maximum Gasteiger partial charge on any atom is 0.391 e. The van der Waals surface area contributed by atoms with Crippen molar-refractivity contribution in [2.75, 3.05) is 25.4 Å². The van der Waals surface area contributed by atoms with Gasteiger partial charge in [-0.1, -0.05) is 12.2 Å². The molecule has 0 aromatic rings. The van der Waals surface area contributed by atoms with E-state index in [4.69, 9.17) is 0 Å². The van der Waals surface area contributed by atoms with Crippen LogP contribution in [0.4, 0.5) is 13.2 Å². The molecule has 1 heterocycles. The van der Waals surface area contributed by atoms with E-state index in [-0.39, 0.29) is 12.8 Å². The van der Waals surface area contributed by atoms with Crippen LogP contribution in [-0.4, -0.2) is 36.5 Å². The van der Waals surface area contributed by atoms with E-state index in [9.17, 15) is 13.2 Å². The maximum absolute atomic E-state index is 12.3. The normalized spacial score (nSPS) is 21.3. The van der Waals surface area contributed by atoms with Crippen molar-refractivity contribution in [3.05, 3.63) is 12.2 Å². The number of halogens is 3. The van der Waals surface area contributed by atoms with E-state index in [2.05, 4.69) is 12.6 Å². The minimum atomic E-state index is -4.01. The molecule has 0 aromatic carbocycles. The van der Waals surface area contributed by atoms with Crippen LogP contribution in [0.5, 0.6) is 0 Å². The summed E-state index contributed by atoms with van der Waals surface area (Å²) in [7, 11) is 0. The van der Waals surface area contributed by atoms with E-state index in [0.29, 0.717) is 18.8 Å². The third kappa shape index (κ3) is 4.47. The Bertz CT molecular complexity index is 207. The molecule has 1 saturated heterocycles. The number of piperidine rings is 1. The number of hydrogen-bond donors (Lipinski definition) is 1. The van der Waals surface area contributed by atoms with Gasteiger partial charge in [0.25, 0.3) is 0 Å². The summed E-state index contributed by atoms with van der Waals surface area (Å²) in [5.41, 5.74) is 0. The lowest BCUT2D eigenvalue weighted by molar-refractivity contribution is -0.184. The van der Waals surface area contributed by atoms with Crippen molar-refractivity contribution >= 4 is 12.6 Å². The molecule has 1 fully saturated rings. The largest absolute Gasteiger partial charge is 0.391 e. The van der Waals surface area contributed by atoms with Crippen LogP contribution in [0, 0.1) is 5.92 Å². The summed E-state index contributed by atoms with van der Waals surface area (Å²) < 4.78 is 37.0. The molecule has 0 aromatic heterocycles. The second-order valence-corrected chi connectivity index (χ2v) is 4.14. The van der Waals surface area contributed by atoms with Gasteiger partial charge in [-0.05, 0) is 25.9 Å². The van der Waals surface area contributed by atoms with Gasteiger partial charge in [0.2, 0.25) is 0 Å². The van der Waals surface area contributed by atoms with Crippen LogP contribution in [0.25, 0.3) is 0 Å². The van der Waals surface area contributed by atoms with Gasteiger partial charge in [-0.25, -0.2) is 0 Å². The molecule has 0 bridgehead atoms. The second kappa shape index (κ2) is 5.80. The average molecular weight is 239 g/mol. The molecule has 0 saturated carbocycles. The van der Waals surface area contributed by atoms with Crippen LogP contribution < -0.4 is 0 Å². The molecule has 1 aliphatic heterocycles. The van der Waals surface area contributed by atoms with Crippen LogP contribution in [0.2, 0.25) is 0 Å². The van der Waals surface area contributed by atoms with Gasteiger partial charge in [-0.3, -0.25) is 4.90 Å². The highest BCUT2D eigenvalue weighted by molar-refractivity contribution is 7.80. The monoisotopic (exact) mass is 239 g/mol. The molecule has 0 atom stereocenters. The van der Waals surface area contributed by atoms with Crippen molar-refractivity contribution in [2.24, 2.45) is 5.92 Å². The average Bonchev–Trinajstić information content (AvgIpc) is 2.18. The van der Waals surface area contributed by atoms with E-state index < -0.39 is 12.1 Å². The molecule has 5 heteroatoms. The van der Waals surface area contributed by atoms with Crippen molar-refractivity contribution < 1.29 is 13.2 Å². The highest BCUT2D eigenvalue weighted by atomic mass is 32.1. The summed E-state index contributed by atoms with van der Waals surface area (Å²) in [6.45, 7) is 1.83. The van der Waals surface area contributed by atoms with Gasteiger partial charge in [0.15, 0.2) is 0 Å². The molecule has 0 spiro atoms. The summed E-state index contributed by atoms with van der Waals surface area (Å²) in [4.78, 5) is 2.04. The number of alkyl halides is 3. The predicted octanol–water partition coefficient (Wildman–Crippen LogP) is 2.75. The minimum absolute atomic E-state index is 0.234. The van der Waals surface area contributed by atoms with E-state index in [1.807, 2.05) is 17.1 Å². The minimum Gasteiger partial charge on any atom is -0.300 e. The molecule has 1 nitrogen and oxygen atoms in total. The van der Waals surface area contributed by atoms with E-state index in [0.717, 1.165) is 6.54 Å². The molecule has 0 aliphatic carbocycles. The Hall–Kier alpha value is -0.160. The fraction of sp³-hybridized carbons (Fsp3) is 0.800. The van der Waals surface area contributed by atoms with Crippen LogP contribution in [0.3, 0.4) is 0 Å². The highest BCUT2D eigenvalue weighted by Crippen LogP contribution is 2.33.